The number of nitrogens with two attached hydrogens (primary N) is 1. The lowest BCUT2D eigenvalue weighted by Gasteiger charge is -2.14. The Morgan fingerprint density at radius 1 is 0.931 bits per heavy atom. The molecule has 4 N–H and O–H groups in total. The molecule has 0 spiro atoms. The zero-order valence-electron chi connectivity index (χ0n) is 15.1. The molecule has 2 atom stereocenters. The van der Waals surface area contributed by atoms with E-state index in [1.54, 1.807) is 0 Å². The van der Waals surface area contributed by atoms with E-state index in [0.717, 1.165) is 0 Å². The SMILES string of the molecule is NC[C@H](O)COc1ccc(S(=O)(=O)c2cc(Cl)c(OC[C@H](O)CCl)c(Cl)c2)cc1. The molecule has 0 radical (unpaired) electrons. The van der Waals surface area contributed by atoms with Gasteiger partial charge in [-0.25, -0.2) is 8.42 Å². The van der Waals surface area contributed by atoms with Crippen LogP contribution in [0, 0.1) is 0 Å². The first kappa shape index (κ1) is 24.0. The first-order valence-corrected chi connectivity index (χ1v) is 11.2. The van der Waals surface area contributed by atoms with Gasteiger partial charge in [0, 0.05) is 6.54 Å². The highest BCUT2D eigenvalue weighted by atomic mass is 35.5. The van der Waals surface area contributed by atoms with Gasteiger partial charge in [0.25, 0.3) is 0 Å². The molecule has 160 valence electrons. The lowest BCUT2D eigenvalue weighted by atomic mass is 10.3. The highest BCUT2D eigenvalue weighted by Gasteiger charge is 2.22. The number of halogens is 3. The summed E-state index contributed by atoms with van der Waals surface area (Å²) in [5.74, 6) is 0.403. The minimum absolute atomic E-state index is 0.00240. The smallest absolute Gasteiger partial charge is 0.206 e. The maximum absolute atomic E-state index is 12.9. The summed E-state index contributed by atoms with van der Waals surface area (Å²) in [5, 5.41) is 18.8. The third-order valence-electron chi connectivity index (χ3n) is 3.73. The maximum Gasteiger partial charge on any atom is 0.206 e. The predicted molar refractivity (Wildman–Crippen MR) is 111 cm³/mol. The molecule has 0 aliphatic heterocycles. The largest absolute Gasteiger partial charge is 0.491 e. The molecule has 0 aliphatic rings. The molecule has 0 bridgehead atoms. The van der Waals surface area contributed by atoms with Gasteiger partial charge in [0.1, 0.15) is 31.2 Å². The molecule has 0 fully saturated rings. The molecule has 0 heterocycles. The van der Waals surface area contributed by atoms with Gasteiger partial charge in [0.05, 0.1) is 25.7 Å². The molecule has 0 amide bonds. The van der Waals surface area contributed by atoms with Crippen LogP contribution in [-0.4, -0.2) is 56.5 Å². The average molecular weight is 485 g/mol. The lowest BCUT2D eigenvalue weighted by Crippen LogP contribution is -2.26. The number of hydrogen-bond donors (Lipinski definition) is 3. The van der Waals surface area contributed by atoms with E-state index >= 15 is 0 Å². The molecule has 2 aromatic rings. The van der Waals surface area contributed by atoms with Crippen molar-refractivity contribution in [1.82, 2.24) is 0 Å². The zero-order valence-corrected chi connectivity index (χ0v) is 18.2. The minimum Gasteiger partial charge on any atom is -0.491 e. The van der Waals surface area contributed by atoms with Crippen LogP contribution < -0.4 is 15.2 Å². The summed E-state index contributed by atoms with van der Waals surface area (Å²) in [6.07, 6.45) is -1.73. The summed E-state index contributed by atoms with van der Waals surface area (Å²) in [7, 11) is -3.91. The molecule has 0 saturated heterocycles. The van der Waals surface area contributed by atoms with E-state index < -0.39 is 22.0 Å². The van der Waals surface area contributed by atoms with Crippen LogP contribution >= 0.6 is 34.8 Å². The second-order valence-corrected chi connectivity index (χ2v) is 9.08. The topological polar surface area (TPSA) is 119 Å². The van der Waals surface area contributed by atoms with Crippen molar-refractivity contribution in [1.29, 1.82) is 0 Å². The molecule has 7 nitrogen and oxygen atoms in total. The van der Waals surface area contributed by atoms with Gasteiger partial charge in [-0.1, -0.05) is 23.2 Å². The summed E-state index contributed by atoms with van der Waals surface area (Å²) in [6, 6.07) is 8.08. The van der Waals surface area contributed by atoms with E-state index in [4.69, 9.17) is 50.0 Å². The summed E-state index contributed by atoms with van der Waals surface area (Å²) < 4.78 is 36.4. The highest BCUT2D eigenvalue weighted by Crippen LogP contribution is 2.37. The second kappa shape index (κ2) is 10.7. The van der Waals surface area contributed by atoms with Crippen LogP contribution in [0.15, 0.2) is 46.2 Å². The predicted octanol–water partition coefficient (Wildman–Crippen LogP) is 2.50. The van der Waals surface area contributed by atoms with Gasteiger partial charge < -0.3 is 25.4 Å². The van der Waals surface area contributed by atoms with Crippen molar-refractivity contribution in [2.24, 2.45) is 5.73 Å². The van der Waals surface area contributed by atoms with Crippen LogP contribution in [-0.2, 0) is 9.84 Å². The van der Waals surface area contributed by atoms with Crippen LogP contribution in [0.3, 0.4) is 0 Å². The minimum atomic E-state index is -3.91. The monoisotopic (exact) mass is 483 g/mol. The standard InChI is InChI=1S/C18H20Cl3NO6S/c19-7-11(23)9-28-18-16(20)5-15(6-17(18)21)29(25,26)14-3-1-13(2-4-14)27-10-12(24)8-22/h1-6,11-12,23-24H,7-10,22H2/t11-,12+/m1/s1. The molecule has 0 unspecified atom stereocenters. The van der Waals surface area contributed by atoms with E-state index in [2.05, 4.69) is 0 Å². The molecular formula is C18H20Cl3NO6S. The third kappa shape index (κ3) is 6.36. The Labute approximate surface area is 183 Å². The Hall–Kier alpha value is -1.26. The summed E-state index contributed by atoms with van der Waals surface area (Å²) in [5.41, 5.74) is 5.30. The number of ether oxygens (including phenoxy) is 2. The van der Waals surface area contributed by atoms with Crippen molar-refractivity contribution in [3.63, 3.8) is 0 Å². The maximum atomic E-state index is 12.9. The van der Waals surface area contributed by atoms with Gasteiger partial charge in [-0.05, 0) is 36.4 Å². The molecule has 11 heteroatoms. The third-order valence-corrected chi connectivity index (χ3v) is 6.40. The van der Waals surface area contributed by atoms with Crippen molar-refractivity contribution in [3.05, 3.63) is 46.4 Å². The quantitative estimate of drug-likeness (QED) is 0.443. The second-order valence-electron chi connectivity index (χ2n) is 6.01. The molecule has 2 rings (SSSR count). The lowest BCUT2D eigenvalue weighted by molar-refractivity contribution is 0.114. The molecule has 2 aromatic carbocycles. The number of benzene rings is 2. The number of alkyl halides is 1. The van der Waals surface area contributed by atoms with Crippen molar-refractivity contribution < 1.29 is 28.1 Å². The fraction of sp³-hybridized carbons (Fsp3) is 0.333. The van der Waals surface area contributed by atoms with Gasteiger partial charge in [-0.2, -0.15) is 0 Å². The van der Waals surface area contributed by atoms with Crippen molar-refractivity contribution in [2.75, 3.05) is 25.6 Å². The van der Waals surface area contributed by atoms with E-state index in [9.17, 15) is 18.6 Å². The summed E-state index contributed by atoms with van der Waals surface area (Å²) in [6.45, 7) is -0.0957. The first-order chi connectivity index (χ1) is 13.7. The Bertz CT molecular complexity index is 901. The van der Waals surface area contributed by atoms with Gasteiger partial charge in [-0.15, -0.1) is 11.6 Å². The van der Waals surface area contributed by atoms with E-state index in [1.165, 1.54) is 36.4 Å². The Balaban J connectivity index is 2.22. The number of sulfone groups is 1. The van der Waals surface area contributed by atoms with Crippen LogP contribution in [0.5, 0.6) is 11.5 Å². The Morgan fingerprint density at radius 3 is 2.00 bits per heavy atom. The van der Waals surface area contributed by atoms with Gasteiger partial charge >= 0.3 is 0 Å². The van der Waals surface area contributed by atoms with E-state index in [0.29, 0.717) is 5.75 Å². The van der Waals surface area contributed by atoms with Crippen LogP contribution in [0.25, 0.3) is 0 Å². The summed E-state index contributed by atoms with van der Waals surface area (Å²) in [4.78, 5) is -0.118. The van der Waals surface area contributed by atoms with Crippen molar-refractivity contribution >= 4 is 44.6 Å². The van der Waals surface area contributed by atoms with Gasteiger partial charge in [0.2, 0.25) is 9.84 Å². The Kier molecular flexibility index (Phi) is 8.84. The van der Waals surface area contributed by atoms with E-state index in [1.807, 2.05) is 0 Å². The first-order valence-electron chi connectivity index (χ1n) is 8.41. The molecule has 0 aliphatic carbocycles. The number of hydrogen-bond acceptors (Lipinski definition) is 7. The van der Waals surface area contributed by atoms with Gasteiger partial charge in [0.15, 0.2) is 5.75 Å². The van der Waals surface area contributed by atoms with E-state index in [-0.39, 0.29) is 51.2 Å². The fourth-order valence-electron chi connectivity index (χ4n) is 2.17. The summed E-state index contributed by atoms with van der Waals surface area (Å²) >= 11 is 17.7. The molecule has 29 heavy (non-hydrogen) atoms. The Morgan fingerprint density at radius 2 is 1.48 bits per heavy atom. The van der Waals surface area contributed by atoms with Crippen molar-refractivity contribution in [3.8, 4) is 11.5 Å². The number of aliphatic hydroxyl groups excluding tert-OH is 2. The van der Waals surface area contributed by atoms with Crippen LogP contribution in [0.1, 0.15) is 0 Å². The molecule has 0 aromatic heterocycles. The number of aliphatic hydroxyl groups is 2. The zero-order chi connectivity index (χ0) is 21.6. The number of rotatable bonds is 10. The highest BCUT2D eigenvalue weighted by molar-refractivity contribution is 7.91. The normalized spacial score (nSPS) is 13.7. The fourth-order valence-corrected chi connectivity index (χ4v) is 4.29. The van der Waals surface area contributed by atoms with Crippen LogP contribution in [0.2, 0.25) is 10.0 Å². The average Bonchev–Trinajstić information content (AvgIpc) is 2.71. The molecular weight excluding hydrogens is 465 g/mol. The van der Waals surface area contributed by atoms with Crippen LogP contribution in [0.4, 0.5) is 0 Å². The van der Waals surface area contributed by atoms with Gasteiger partial charge in [-0.3, -0.25) is 0 Å². The van der Waals surface area contributed by atoms with Crippen molar-refractivity contribution in [2.45, 2.75) is 22.0 Å². The molecule has 0 saturated carbocycles.